The van der Waals surface area contributed by atoms with Crippen LogP contribution in [-0.4, -0.2) is 35.2 Å². The van der Waals surface area contributed by atoms with Crippen molar-refractivity contribution in [1.82, 2.24) is 4.90 Å². The predicted molar refractivity (Wildman–Crippen MR) is 76.9 cm³/mol. The van der Waals surface area contributed by atoms with E-state index < -0.39 is 0 Å². The number of nitrogens with one attached hydrogen (secondary N) is 1. The lowest BCUT2D eigenvalue weighted by atomic mass is 9.92. The molecule has 0 radical (unpaired) electrons. The third-order valence-electron chi connectivity index (χ3n) is 3.23. The number of hydrogen-bond acceptors (Lipinski definition) is 2. The number of carbonyl (C=O) groups excluding carboxylic acids is 1. The van der Waals surface area contributed by atoms with Crippen molar-refractivity contribution in [3.8, 4) is 0 Å². The van der Waals surface area contributed by atoms with Crippen LogP contribution >= 0.6 is 23.2 Å². The second-order valence-corrected chi connectivity index (χ2v) is 5.46. The van der Waals surface area contributed by atoms with Crippen molar-refractivity contribution in [3.63, 3.8) is 0 Å². The number of amides is 2. The maximum absolute atomic E-state index is 12.2. The monoisotopic (exact) mass is 302 g/mol. The summed E-state index contributed by atoms with van der Waals surface area (Å²) in [5.41, 5.74) is 0.560. The molecule has 0 unspecified atom stereocenters. The van der Waals surface area contributed by atoms with Crippen LogP contribution in [0.1, 0.15) is 19.3 Å². The molecule has 4 nitrogen and oxygen atoms in total. The van der Waals surface area contributed by atoms with Gasteiger partial charge in [-0.1, -0.05) is 23.2 Å². The van der Waals surface area contributed by atoms with Crippen molar-refractivity contribution in [2.75, 3.05) is 18.5 Å². The van der Waals surface area contributed by atoms with Crippen LogP contribution in [0.25, 0.3) is 0 Å². The number of aliphatic hydroxyl groups is 1. The van der Waals surface area contributed by atoms with E-state index in [1.807, 2.05) is 0 Å². The zero-order valence-electron chi connectivity index (χ0n) is 10.4. The molecule has 1 aliphatic carbocycles. The molecule has 104 valence electrons. The van der Waals surface area contributed by atoms with Crippen molar-refractivity contribution in [2.24, 2.45) is 0 Å². The number of rotatable bonds is 4. The van der Waals surface area contributed by atoms with Crippen molar-refractivity contribution in [3.05, 3.63) is 28.2 Å². The topological polar surface area (TPSA) is 52.6 Å². The molecule has 0 aliphatic heterocycles. The van der Waals surface area contributed by atoms with Gasteiger partial charge >= 0.3 is 6.03 Å². The maximum atomic E-state index is 12.2. The lowest BCUT2D eigenvalue weighted by Crippen LogP contribution is -2.47. The molecule has 2 rings (SSSR count). The molecule has 2 N–H and O–H groups in total. The second-order valence-electron chi connectivity index (χ2n) is 4.59. The first kappa shape index (κ1) is 14.4. The summed E-state index contributed by atoms with van der Waals surface area (Å²) in [6, 6.07) is 4.89. The highest BCUT2D eigenvalue weighted by Gasteiger charge is 2.28. The van der Waals surface area contributed by atoms with Crippen LogP contribution in [0.4, 0.5) is 10.5 Å². The molecule has 0 saturated heterocycles. The molecular weight excluding hydrogens is 287 g/mol. The summed E-state index contributed by atoms with van der Waals surface area (Å²) in [6.45, 7) is 0.297. The van der Waals surface area contributed by atoms with Crippen LogP contribution in [0, 0.1) is 0 Å². The number of nitrogens with zero attached hydrogens (tertiary/aromatic N) is 1. The van der Waals surface area contributed by atoms with Gasteiger partial charge < -0.3 is 15.3 Å². The van der Waals surface area contributed by atoms with Crippen molar-refractivity contribution >= 4 is 34.9 Å². The summed E-state index contributed by atoms with van der Waals surface area (Å²) in [5.74, 6) is 0. The van der Waals surface area contributed by atoms with Gasteiger partial charge in [-0.2, -0.15) is 0 Å². The van der Waals surface area contributed by atoms with Gasteiger partial charge in [-0.3, -0.25) is 0 Å². The predicted octanol–water partition coefficient (Wildman–Crippen LogP) is 3.37. The zero-order chi connectivity index (χ0) is 13.8. The largest absolute Gasteiger partial charge is 0.395 e. The Kier molecular flexibility index (Phi) is 4.91. The quantitative estimate of drug-likeness (QED) is 0.896. The van der Waals surface area contributed by atoms with Crippen LogP contribution in [0.2, 0.25) is 10.0 Å². The van der Waals surface area contributed by atoms with E-state index in [2.05, 4.69) is 5.32 Å². The van der Waals surface area contributed by atoms with Crippen molar-refractivity contribution in [1.29, 1.82) is 0 Å². The number of hydrogen-bond donors (Lipinski definition) is 2. The Labute approximate surface area is 122 Å². The minimum Gasteiger partial charge on any atom is -0.395 e. The fourth-order valence-electron chi connectivity index (χ4n) is 2.08. The van der Waals surface area contributed by atoms with Crippen LogP contribution in [0.5, 0.6) is 0 Å². The Balaban J connectivity index is 2.05. The van der Waals surface area contributed by atoms with E-state index in [0.717, 1.165) is 19.3 Å². The highest BCUT2D eigenvalue weighted by Crippen LogP contribution is 2.26. The molecule has 1 aromatic rings. The first-order valence-corrected chi connectivity index (χ1v) is 7.00. The number of halogens is 2. The van der Waals surface area contributed by atoms with Crippen LogP contribution < -0.4 is 5.32 Å². The minimum absolute atomic E-state index is 0.0414. The summed E-state index contributed by atoms with van der Waals surface area (Å²) in [5, 5.41) is 12.8. The van der Waals surface area contributed by atoms with E-state index in [1.165, 1.54) is 0 Å². The molecule has 6 heteroatoms. The van der Waals surface area contributed by atoms with Crippen molar-refractivity contribution < 1.29 is 9.90 Å². The first-order chi connectivity index (χ1) is 9.10. The van der Waals surface area contributed by atoms with Crippen LogP contribution in [0.3, 0.4) is 0 Å². The van der Waals surface area contributed by atoms with Gasteiger partial charge in [0.2, 0.25) is 0 Å². The Morgan fingerprint density at radius 2 is 1.95 bits per heavy atom. The summed E-state index contributed by atoms with van der Waals surface area (Å²) < 4.78 is 0. The van der Waals surface area contributed by atoms with Crippen LogP contribution in [-0.2, 0) is 0 Å². The van der Waals surface area contributed by atoms with E-state index in [4.69, 9.17) is 28.3 Å². The van der Waals surface area contributed by atoms with E-state index in [0.29, 0.717) is 22.3 Å². The second kappa shape index (κ2) is 6.46. The molecule has 19 heavy (non-hydrogen) atoms. The molecule has 0 bridgehead atoms. The molecule has 1 fully saturated rings. The van der Waals surface area contributed by atoms with Gasteiger partial charge in [-0.25, -0.2) is 4.79 Å². The standard InChI is InChI=1S/C13H16Cl2N2O2/c14-9-6-10(15)8-11(7-9)16-13(19)17(4-5-18)12-2-1-3-12/h6-8,12,18H,1-5H2,(H,16,19). The van der Waals surface area contributed by atoms with Gasteiger partial charge in [0, 0.05) is 28.3 Å². The van der Waals surface area contributed by atoms with Gasteiger partial charge in [0.1, 0.15) is 0 Å². The smallest absolute Gasteiger partial charge is 0.322 e. The Morgan fingerprint density at radius 3 is 2.42 bits per heavy atom. The summed E-state index contributed by atoms with van der Waals surface area (Å²) in [4.78, 5) is 13.8. The fourth-order valence-corrected chi connectivity index (χ4v) is 2.60. The molecule has 0 atom stereocenters. The number of aliphatic hydroxyl groups excluding tert-OH is 1. The molecule has 1 aliphatic rings. The van der Waals surface area contributed by atoms with Crippen LogP contribution in [0.15, 0.2) is 18.2 Å². The molecular formula is C13H16Cl2N2O2. The van der Waals surface area contributed by atoms with Gasteiger partial charge in [0.05, 0.1) is 6.61 Å². The summed E-state index contributed by atoms with van der Waals surface area (Å²) in [6.07, 6.45) is 3.11. The summed E-state index contributed by atoms with van der Waals surface area (Å²) >= 11 is 11.8. The SMILES string of the molecule is O=C(Nc1cc(Cl)cc(Cl)c1)N(CCO)C1CCC1. The number of urea groups is 1. The minimum atomic E-state index is -0.225. The summed E-state index contributed by atoms with van der Waals surface area (Å²) in [7, 11) is 0. The molecule has 1 aromatic carbocycles. The molecule has 0 spiro atoms. The average Bonchev–Trinajstić information content (AvgIpc) is 2.24. The number of anilines is 1. The fraction of sp³-hybridized carbons (Fsp3) is 0.462. The Hall–Kier alpha value is -0.970. The molecule has 0 aromatic heterocycles. The molecule has 2 amide bonds. The third-order valence-corrected chi connectivity index (χ3v) is 3.67. The zero-order valence-corrected chi connectivity index (χ0v) is 11.9. The maximum Gasteiger partial charge on any atom is 0.322 e. The lowest BCUT2D eigenvalue weighted by molar-refractivity contribution is 0.127. The van der Waals surface area contributed by atoms with Gasteiger partial charge in [0.25, 0.3) is 0 Å². The van der Waals surface area contributed by atoms with Gasteiger partial charge in [0.15, 0.2) is 0 Å². The first-order valence-electron chi connectivity index (χ1n) is 6.24. The Bertz CT molecular complexity index is 444. The molecule has 1 saturated carbocycles. The average molecular weight is 303 g/mol. The lowest BCUT2D eigenvalue weighted by Gasteiger charge is -2.37. The highest BCUT2D eigenvalue weighted by atomic mass is 35.5. The van der Waals surface area contributed by atoms with E-state index >= 15 is 0 Å². The highest BCUT2D eigenvalue weighted by molar-refractivity contribution is 6.35. The van der Waals surface area contributed by atoms with Gasteiger partial charge in [-0.15, -0.1) is 0 Å². The van der Waals surface area contributed by atoms with E-state index in [9.17, 15) is 4.79 Å². The van der Waals surface area contributed by atoms with E-state index in [-0.39, 0.29) is 18.7 Å². The molecule has 0 heterocycles. The third kappa shape index (κ3) is 3.75. The number of carbonyl (C=O) groups is 1. The number of benzene rings is 1. The van der Waals surface area contributed by atoms with E-state index in [1.54, 1.807) is 23.1 Å². The van der Waals surface area contributed by atoms with Gasteiger partial charge in [-0.05, 0) is 37.5 Å². The Morgan fingerprint density at radius 1 is 1.32 bits per heavy atom. The normalized spacial score (nSPS) is 14.9. The van der Waals surface area contributed by atoms with Crippen molar-refractivity contribution in [2.45, 2.75) is 25.3 Å².